The number of hydrogen-bond donors (Lipinski definition) is 1. The topological polar surface area (TPSA) is 35.8 Å². The molecule has 2 aromatic carbocycles. The predicted molar refractivity (Wildman–Crippen MR) is 82.6 cm³/mol. The third kappa shape index (κ3) is 3.63. The number of rotatable bonds is 3. The third-order valence-corrected chi connectivity index (χ3v) is 3.92. The van der Waals surface area contributed by atoms with Crippen molar-refractivity contribution in [2.75, 3.05) is 5.32 Å². The molecule has 0 heterocycles. The van der Waals surface area contributed by atoms with Crippen molar-refractivity contribution in [3.8, 4) is 6.07 Å². The maximum Gasteiger partial charge on any atom is 0.101 e. The molecule has 2 rings (SSSR count). The lowest BCUT2D eigenvalue weighted by atomic mass is 10.2. The van der Waals surface area contributed by atoms with Crippen LogP contribution in [0.15, 0.2) is 40.9 Å². The summed E-state index contributed by atoms with van der Waals surface area (Å²) in [6.45, 7) is 0.605. The molecule has 96 valence electrons. The number of halogens is 3. The van der Waals surface area contributed by atoms with Gasteiger partial charge < -0.3 is 5.32 Å². The van der Waals surface area contributed by atoms with Gasteiger partial charge in [-0.15, -0.1) is 0 Å². The van der Waals surface area contributed by atoms with Crippen LogP contribution in [0.5, 0.6) is 0 Å². The lowest BCUT2D eigenvalue weighted by Crippen LogP contribution is -2.00. The largest absolute Gasteiger partial charge is 0.381 e. The van der Waals surface area contributed by atoms with Gasteiger partial charge in [-0.1, -0.05) is 39.1 Å². The zero-order valence-electron chi connectivity index (χ0n) is 9.75. The summed E-state index contributed by atoms with van der Waals surface area (Å²) in [5, 5.41) is 13.3. The summed E-state index contributed by atoms with van der Waals surface area (Å²) in [5.74, 6) is 0. The molecule has 2 aromatic rings. The Kier molecular flexibility index (Phi) is 4.71. The van der Waals surface area contributed by atoms with Gasteiger partial charge in [-0.25, -0.2) is 0 Å². The van der Waals surface area contributed by atoms with E-state index in [2.05, 4.69) is 27.3 Å². The highest BCUT2D eigenvalue weighted by Crippen LogP contribution is 2.24. The maximum atomic E-state index is 8.92. The Balaban J connectivity index is 2.15. The Labute approximate surface area is 130 Å². The van der Waals surface area contributed by atoms with Crippen molar-refractivity contribution in [3.05, 3.63) is 62.0 Å². The Morgan fingerprint density at radius 3 is 2.68 bits per heavy atom. The molecule has 0 aliphatic rings. The van der Waals surface area contributed by atoms with Gasteiger partial charge in [0.05, 0.1) is 10.6 Å². The molecule has 0 saturated heterocycles. The normalized spacial score (nSPS) is 10.0. The molecule has 0 spiro atoms. The van der Waals surface area contributed by atoms with Gasteiger partial charge in [0.2, 0.25) is 0 Å². The molecule has 0 aliphatic carbocycles. The number of nitriles is 1. The Bertz CT molecular complexity index is 650. The average molecular weight is 356 g/mol. The lowest BCUT2D eigenvalue weighted by Gasteiger charge is -2.09. The molecule has 0 atom stereocenters. The predicted octanol–water partition coefficient (Wildman–Crippen LogP) is 5.24. The summed E-state index contributed by atoms with van der Waals surface area (Å²) in [4.78, 5) is 0. The van der Waals surface area contributed by atoms with E-state index in [-0.39, 0.29) is 0 Å². The van der Waals surface area contributed by atoms with Gasteiger partial charge in [0.1, 0.15) is 6.07 Å². The van der Waals surface area contributed by atoms with Crippen LogP contribution in [0, 0.1) is 11.3 Å². The highest BCUT2D eigenvalue weighted by atomic mass is 79.9. The van der Waals surface area contributed by atoms with Crippen LogP contribution in [0.4, 0.5) is 5.69 Å². The number of nitrogens with zero attached hydrogens (tertiary/aromatic N) is 1. The SMILES string of the molecule is N#Cc1cc(NCc2cc(Cl)ccc2Br)ccc1Cl. The van der Waals surface area contributed by atoms with Gasteiger partial charge in [0, 0.05) is 21.7 Å². The minimum Gasteiger partial charge on any atom is -0.381 e. The van der Waals surface area contributed by atoms with E-state index in [1.807, 2.05) is 24.3 Å². The molecule has 0 bridgehead atoms. The summed E-state index contributed by atoms with van der Waals surface area (Å²) in [6.07, 6.45) is 0. The summed E-state index contributed by atoms with van der Waals surface area (Å²) < 4.78 is 0.985. The second-order valence-corrected chi connectivity index (χ2v) is 5.59. The van der Waals surface area contributed by atoms with Crippen LogP contribution in [-0.4, -0.2) is 0 Å². The van der Waals surface area contributed by atoms with E-state index in [0.29, 0.717) is 22.2 Å². The molecule has 0 radical (unpaired) electrons. The van der Waals surface area contributed by atoms with Crippen molar-refractivity contribution in [1.29, 1.82) is 5.26 Å². The smallest absolute Gasteiger partial charge is 0.101 e. The van der Waals surface area contributed by atoms with Crippen LogP contribution in [0.1, 0.15) is 11.1 Å². The van der Waals surface area contributed by atoms with Crippen molar-refractivity contribution >= 4 is 44.8 Å². The van der Waals surface area contributed by atoms with Gasteiger partial charge in [-0.3, -0.25) is 0 Å². The monoisotopic (exact) mass is 354 g/mol. The Morgan fingerprint density at radius 1 is 1.16 bits per heavy atom. The van der Waals surface area contributed by atoms with Crippen LogP contribution in [0.2, 0.25) is 10.0 Å². The molecular weight excluding hydrogens is 347 g/mol. The number of hydrogen-bond acceptors (Lipinski definition) is 2. The van der Waals surface area contributed by atoms with Gasteiger partial charge >= 0.3 is 0 Å². The highest BCUT2D eigenvalue weighted by molar-refractivity contribution is 9.10. The van der Waals surface area contributed by atoms with E-state index >= 15 is 0 Å². The fraction of sp³-hybridized carbons (Fsp3) is 0.0714. The van der Waals surface area contributed by atoms with Crippen molar-refractivity contribution in [1.82, 2.24) is 0 Å². The van der Waals surface area contributed by atoms with Crippen LogP contribution >= 0.6 is 39.1 Å². The second kappa shape index (κ2) is 6.29. The summed E-state index contributed by atoms with van der Waals surface area (Å²) in [6, 6.07) is 12.9. The third-order valence-electron chi connectivity index (χ3n) is 2.58. The minimum atomic E-state index is 0.455. The fourth-order valence-corrected chi connectivity index (χ4v) is 2.34. The van der Waals surface area contributed by atoms with Gasteiger partial charge in [-0.05, 0) is 42.0 Å². The lowest BCUT2D eigenvalue weighted by molar-refractivity contribution is 1.14. The van der Waals surface area contributed by atoms with E-state index in [4.69, 9.17) is 28.5 Å². The van der Waals surface area contributed by atoms with E-state index in [1.54, 1.807) is 12.1 Å². The van der Waals surface area contributed by atoms with E-state index < -0.39 is 0 Å². The zero-order valence-corrected chi connectivity index (χ0v) is 12.9. The van der Waals surface area contributed by atoms with Crippen molar-refractivity contribution in [2.45, 2.75) is 6.54 Å². The summed E-state index contributed by atoms with van der Waals surface area (Å²) >= 11 is 15.3. The molecule has 0 unspecified atom stereocenters. The van der Waals surface area contributed by atoms with E-state index in [9.17, 15) is 0 Å². The number of benzene rings is 2. The standard InChI is InChI=1S/C14H9BrCl2N2/c15-13-3-1-11(16)5-10(13)8-19-12-2-4-14(17)9(6-12)7-18/h1-6,19H,8H2. The molecular formula is C14H9BrCl2N2. The van der Waals surface area contributed by atoms with E-state index in [0.717, 1.165) is 15.7 Å². The van der Waals surface area contributed by atoms with E-state index in [1.165, 1.54) is 0 Å². The van der Waals surface area contributed by atoms with Crippen molar-refractivity contribution < 1.29 is 0 Å². The molecule has 0 aliphatic heterocycles. The fourth-order valence-electron chi connectivity index (χ4n) is 1.60. The summed E-state index contributed by atoms with van der Waals surface area (Å²) in [7, 11) is 0. The van der Waals surface area contributed by atoms with Crippen molar-refractivity contribution in [2.24, 2.45) is 0 Å². The summed E-state index contributed by atoms with van der Waals surface area (Å²) in [5.41, 5.74) is 2.34. The highest BCUT2D eigenvalue weighted by Gasteiger charge is 2.03. The minimum absolute atomic E-state index is 0.455. The van der Waals surface area contributed by atoms with Crippen LogP contribution in [0.3, 0.4) is 0 Å². The van der Waals surface area contributed by atoms with Gasteiger partial charge in [0.15, 0.2) is 0 Å². The van der Waals surface area contributed by atoms with Crippen molar-refractivity contribution in [3.63, 3.8) is 0 Å². The molecule has 0 amide bonds. The quantitative estimate of drug-likeness (QED) is 0.817. The molecule has 0 aromatic heterocycles. The first-order valence-electron chi connectivity index (χ1n) is 5.47. The Hall–Kier alpha value is -1.21. The Morgan fingerprint density at radius 2 is 1.95 bits per heavy atom. The second-order valence-electron chi connectivity index (χ2n) is 3.90. The molecule has 0 saturated carbocycles. The van der Waals surface area contributed by atoms with Gasteiger partial charge in [0.25, 0.3) is 0 Å². The molecule has 5 heteroatoms. The van der Waals surface area contributed by atoms with Gasteiger partial charge in [-0.2, -0.15) is 5.26 Å². The first-order valence-corrected chi connectivity index (χ1v) is 7.02. The first kappa shape index (κ1) is 14.2. The average Bonchev–Trinajstić information content (AvgIpc) is 2.41. The number of nitrogens with one attached hydrogen (secondary N) is 1. The zero-order chi connectivity index (χ0) is 13.8. The number of anilines is 1. The molecule has 2 nitrogen and oxygen atoms in total. The molecule has 1 N–H and O–H groups in total. The van der Waals surface area contributed by atoms with Crippen LogP contribution in [0.25, 0.3) is 0 Å². The molecule has 19 heavy (non-hydrogen) atoms. The maximum absolute atomic E-state index is 8.92. The van der Waals surface area contributed by atoms with Crippen LogP contribution in [-0.2, 0) is 6.54 Å². The first-order chi connectivity index (χ1) is 9.10. The molecule has 0 fully saturated rings. The van der Waals surface area contributed by atoms with Crippen LogP contribution < -0.4 is 5.32 Å².